The van der Waals surface area contributed by atoms with Crippen LogP contribution in [0.25, 0.3) is 0 Å². The Hall–Kier alpha value is -1.83. The summed E-state index contributed by atoms with van der Waals surface area (Å²) in [6, 6.07) is 9.86. The van der Waals surface area contributed by atoms with Gasteiger partial charge in [0.05, 0.1) is 12.6 Å². The lowest BCUT2D eigenvalue weighted by Gasteiger charge is -2.37. The number of nitrogens with zero attached hydrogens (tertiary/aromatic N) is 3. The zero-order valence-corrected chi connectivity index (χ0v) is 16.0. The number of benzene rings is 1. The Morgan fingerprint density at radius 1 is 1.12 bits per heavy atom. The van der Waals surface area contributed by atoms with Gasteiger partial charge in [-0.05, 0) is 32.0 Å². The van der Waals surface area contributed by atoms with Crippen LogP contribution in [0.3, 0.4) is 0 Å². The second-order valence-corrected chi connectivity index (χ2v) is 7.30. The van der Waals surface area contributed by atoms with Crippen molar-refractivity contribution in [3.8, 4) is 11.8 Å². The van der Waals surface area contributed by atoms with E-state index in [1.165, 1.54) is 0 Å². The first-order chi connectivity index (χ1) is 12.0. The normalized spacial score (nSPS) is 17.0. The van der Waals surface area contributed by atoms with Crippen molar-refractivity contribution >= 4 is 5.91 Å². The molecule has 1 saturated heterocycles. The third-order valence-corrected chi connectivity index (χ3v) is 4.62. The molecule has 136 valence electrons. The van der Waals surface area contributed by atoms with Crippen LogP contribution in [-0.4, -0.2) is 73.0 Å². The topological polar surface area (TPSA) is 26.8 Å². The Balaban J connectivity index is 2.00. The molecular formula is C21H31N3O. The van der Waals surface area contributed by atoms with E-state index < -0.39 is 0 Å². The minimum atomic E-state index is -0.0778. The van der Waals surface area contributed by atoms with E-state index in [1.54, 1.807) is 0 Å². The summed E-state index contributed by atoms with van der Waals surface area (Å²) in [7, 11) is 2.13. The first kappa shape index (κ1) is 19.5. The van der Waals surface area contributed by atoms with E-state index in [-0.39, 0.29) is 11.9 Å². The molecule has 0 radical (unpaired) electrons. The van der Waals surface area contributed by atoms with Crippen LogP contribution in [0.5, 0.6) is 0 Å². The molecule has 1 aromatic rings. The number of rotatable bonds is 5. The molecule has 1 fully saturated rings. The Morgan fingerprint density at radius 2 is 1.76 bits per heavy atom. The predicted octanol–water partition coefficient (Wildman–Crippen LogP) is 2.16. The van der Waals surface area contributed by atoms with E-state index in [0.29, 0.717) is 12.5 Å². The summed E-state index contributed by atoms with van der Waals surface area (Å²) in [5.74, 6) is 6.97. The molecule has 4 nitrogen and oxygen atoms in total. The highest BCUT2D eigenvalue weighted by Crippen LogP contribution is 2.10. The quantitative estimate of drug-likeness (QED) is 0.768. The number of amides is 1. The molecule has 0 spiro atoms. The maximum atomic E-state index is 13.0. The van der Waals surface area contributed by atoms with E-state index in [4.69, 9.17) is 0 Å². The van der Waals surface area contributed by atoms with Crippen LogP contribution in [0.2, 0.25) is 0 Å². The maximum absolute atomic E-state index is 13.0. The standard InChI is InChI=1S/C21H31N3O/c1-18(2)17-24(12-8-11-20-9-6-5-7-10-20)21(25)19(3)23-15-13-22(4)14-16-23/h5-7,9-10,18-19H,12-17H2,1-4H3/t19-/m1/s1. The molecule has 4 heteroatoms. The Bertz CT molecular complexity index is 595. The molecule has 1 aromatic carbocycles. The van der Waals surface area contributed by atoms with Crippen LogP contribution in [0, 0.1) is 17.8 Å². The lowest BCUT2D eigenvalue weighted by Crippen LogP contribution is -2.54. The van der Waals surface area contributed by atoms with Gasteiger partial charge in [0, 0.05) is 38.3 Å². The van der Waals surface area contributed by atoms with Gasteiger partial charge in [-0.1, -0.05) is 43.9 Å². The average molecular weight is 341 g/mol. The van der Waals surface area contributed by atoms with Crippen molar-refractivity contribution in [3.63, 3.8) is 0 Å². The van der Waals surface area contributed by atoms with Crippen molar-refractivity contribution in [3.05, 3.63) is 35.9 Å². The fraction of sp³-hybridized carbons (Fsp3) is 0.571. The Labute approximate surface area is 152 Å². The fourth-order valence-electron chi connectivity index (χ4n) is 3.06. The molecule has 0 saturated carbocycles. The largest absolute Gasteiger partial charge is 0.330 e. The summed E-state index contributed by atoms with van der Waals surface area (Å²) < 4.78 is 0. The summed E-state index contributed by atoms with van der Waals surface area (Å²) in [5.41, 5.74) is 0.992. The third-order valence-electron chi connectivity index (χ3n) is 4.62. The number of carbonyl (C=O) groups excluding carboxylic acids is 1. The fourth-order valence-corrected chi connectivity index (χ4v) is 3.06. The van der Waals surface area contributed by atoms with Crippen molar-refractivity contribution in [2.24, 2.45) is 5.92 Å². The molecule has 0 aliphatic carbocycles. The molecular weight excluding hydrogens is 310 g/mol. The molecule has 0 N–H and O–H groups in total. The molecule has 1 heterocycles. The second-order valence-electron chi connectivity index (χ2n) is 7.30. The minimum absolute atomic E-state index is 0.0778. The van der Waals surface area contributed by atoms with E-state index in [0.717, 1.165) is 38.3 Å². The zero-order valence-electron chi connectivity index (χ0n) is 16.0. The molecule has 0 unspecified atom stereocenters. The van der Waals surface area contributed by atoms with Gasteiger partial charge < -0.3 is 9.80 Å². The number of carbonyl (C=O) groups is 1. The monoisotopic (exact) mass is 341 g/mol. The summed E-state index contributed by atoms with van der Waals surface area (Å²) >= 11 is 0. The summed E-state index contributed by atoms with van der Waals surface area (Å²) in [5, 5.41) is 0. The summed E-state index contributed by atoms with van der Waals surface area (Å²) in [6.45, 7) is 11.5. The molecule has 2 rings (SSSR count). The zero-order chi connectivity index (χ0) is 18.2. The molecule has 1 aliphatic rings. The van der Waals surface area contributed by atoms with E-state index in [9.17, 15) is 4.79 Å². The molecule has 1 amide bonds. The molecule has 0 bridgehead atoms. The van der Waals surface area contributed by atoms with Crippen LogP contribution in [0.4, 0.5) is 0 Å². The highest BCUT2D eigenvalue weighted by atomic mass is 16.2. The van der Waals surface area contributed by atoms with Crippen LogP contribution in [0.1, 0.15) is 26.3 Å². The second kappa shape index (κ2) is 9.60. The van der Waals surface area contributed by atoms with E-state index in [1.807, 2.05) is 42.2 Å². The lowest BCUT2D eigenvalue weighted by atomic mass is 10.1. The molecule has 1 aliphatic heterocycles. The van der Waals surface area contributed by atoms with Gasteiger partial charge in [0.1, 0.15) is 0 Å². The molecule has 1 atom stereocenters. The van der Waals surface area contributed by atoms with Gasteiger partial charge in [-0.25, -0.2) is 0 Å². The first-order valence-electron chi connectivity index (χ1n) is 9.22. The van der Waals surface area contributed by atoms with Crippen LogP contribution < -0.4 is 0 Å². The minimum Gasteiger partial charge on any atom is -0.330 e. The van der Waals surface area contributed by atoms with Crippen molar-refractivity contribution < 1.29 is 4.79 Å². The lowest BCUT2D eigenvalue weighted by molar-refractivity contribution is -0.137. The van der Waals surface area contributed by atoms with Gasteiger partial charge in [0.2, 0.25) is 5.91 Å². The number of hydrogen-bond acceptors (Lipinski definition) is 3. The Morgan fingerprint density at radius 3 is 2.36 bits per heavy atom. The van der Waals surface area contributed by atoms with Crippen molar-refractivity contribution in [1.29, 1.82) is 0 Å². The van der Waals surface area contributed by atoms with Gasteiger partial charge in [-0.3, -0.25) is 9.69 Å². The maximum Gasteiger partial charge on any atom is 0.240 e. The molecule has 0 aromatic heterocycles. The van der Waals surface area contributed by atoms with Crippen molar-refractivity contribution in [2.75, 3.05) is 46.3 Å². The smallest absolute Gasteiger partial charge is 0.240 e. The summed E-state index contributed by atoms with van der Waals surface area (Å²) in [4.78, 5) is 19.5. The molecule has 25 heavy (non-hydrogen) atoms. The number of piperazine rings is 1. The van der Waals surface area contributed by atoms with Crippen LogP contribution in [0.15, 0.2) is 30.3 Å². The highest BCUT2D eigenvalue weighted by molar-refractivity contribution is 5.81. The van der Waals surface area contributed by atoms with E-state index in [2.05, 4.69) is 42.5 Å². The third kappa shape index (κ3) is 6.19. The van der Waals surface area contributed by atoms with Crippen molar-refractivity contribution in [2.45, 2.75) is 26.8 Å². The van der Waals surface area contributed by atoms with Gasteiger partial charge >= 0.3 is 0 Å². The SMILES string of the molecule is CC(C)CN(CC#Cc1ccccc1)C(=O)[C@@H](C)N1CCN(C)CC1. The van der Waals surface area contributed by atoms with Crippen LogP contribution in [-0.2, 0) is 4.79 Å². The van der Waals surface area contributed by atoms with Gasteiger partial charge in [-0.15, -0.1) is 0 Å². The van der Waals surface area contributed by atoms with Gasteiger partial charge in [0.25, 0.3) is 0 Å². The highest BCUT2D eigenvalue weighted by Gasteiger charge is 2.27. The average Bonchev–Trinajstić information content (AvgIpc) is 2.61. The number of hydrogen-bond donors (Lipinski definition) is 0. The van der Waals surface area contributed by atoms with Gasteiger partial charge in [0.15, 0.2) is 0 Å². The van der Waals surface area contributed by atoms with Crippen LogP contribution >= 0.6 is 0 Å². The Kier molecular flexibility index (Phi) is 7.49. The van der Waals surface area contributed by atoms with Crippen molar-refractivity contribution in [1.82, 2.24) is 14.7 Å². The predicted molar refractivity (Wildman–Crippen MR) is 103 cm³/mol. The number of likely N-dealkylation sites (N-methyl/N-ethyl adjacent to an activating group) is 1. The van der Waals surface area contributed by atoms with Gasteiger partial charge in [-0.2, -0.15) is 0 Å². The summed E-state index contributed by atoms with van der Waals surface area (Å²) in [6.07, 6.45) is 0. The van der Waals surface area contributed by atoms with E-state index >= 15 is 0 Å². The first-order valence-corrected chi connectivity index (χ1v) is 9.22.